The Morgan fingerprint density at radius 1 is 0.643 bits per heavy atom. The van der Waals surface area contributed by atoms with Gasteiger partial charge >= 0.3 is 0 Å². The lowest BCUT2D eigenvalue weighted by Gasteiger charge is -2.15. The zero-order valence-electron chi connectivity index (χ0n) is 22.5. The first kappa shape index (κ1) is 24.5. The number of halogens is 1. The minimum absolute atomic E-state index is 0.356. The first-order valence-corrected chi connectivity index (χ1v) is 14.2. The highest BCUT2D eigenvalue weighted by Gasteiger charge is 2.25. The summed E-state index contributed by atoms with van der Waals surface area (Å²) in [6.45, 7) is 4.31. The van der Waals surface area contributed by atoms with E-state index in [9.17, 15) is 0 Å². The molecule has 2 aromatic heterocycles. The number of aromatic nitrogens is 1. The highest BCUT2D eigenvalue weighted by Crippen LogP contribution is 2.40. The molecular weight excluding hydrogens is 536 g/mol. The van der Waals surface area contributed by atoms with Gasteiger partial charge in [-0.3, -0.25) is 4.98 Å². The van der Waals surface area contributed by atoms with E-state index < -0.39 is 0 Å². The van der Waals surface area contributed by atoms with E-state index in [1.165, 1.54) is 21.5 Å². The highest BCUT2D eigenvalue weighted by molar-refractivity contribution is 6.33. The van der Waals surface area contributed by atoms with Crippen LogP contribution in [0.5, 0.6) is 0 Å². The molecule has 0 amide bonds. The Labute approximate surface area is 247 Å². The molecule has 7 aromatic rings. The van der Waals surface area contributed by atoms with Crippen molar-refractivity contribution in [3.63, 3.8) is 0 Å². The van der Waals surface area contributed by atoms with Gasteiger partial charge in [0.25, 0.3) is 0 Å². The zero-order valence-corrected chi connectivity index (χ0v) is 23.3. The van der Waals surface area contributed by atoms with Gasteiger partial charge in [-0.1, -0.05) is 91.0 Å². The quantitative estimate of drug-likeness (QED) is 0.160. The van der Waals surface area contributed by atoms with Crippen LogP contribution < -0.4 is 0 Å². The van der Waals surface area contributed by atoms with Gasteiger partial charge in [-0.15, -0.1) is 0 Å². The monoisotopic (exact) mass is 558 g/mol. The van der Waals surface area contributed by atoms with E-state index >= 15 is 0 Å². The molecule has 0 radical (unpaired) electrons. The molecule has 0 N–H and O–H groups in total. The van der Waals surface area contributed by atoms with E-state index in [4.69, 9.17) is 21.0 Å². The highest BCUT2D eigenvalue weighted by atomic mass is 35.5. The van der Waals surface area contributed by atoms with Crippen LogP contribution in [0.4, 0.5) is 0 Å². The predicted octanol–water partition coefficient (Wildman–Crippen LogP) is 10.4. The summed E-state index contributed by atoms with van der Waals surface area (Å²) in [5, 5.41) is 6.16. The molecule has 198 valence electrons. The fourth-order valence-electron chi connectivity index (χ4n) is 6.05. The van der Waals surface area contributed by atoms with Crippen molar-refractivity contribution in [2.24, 2.45) is 4.99 Å². The van der Waals surface area contributed by atoms with Crippen LogP contribution in [-0.2, 0) is 0 Å². The van der Waals surface area contributed by atoms with E-state index in [0.717, 1.165) is 49.9 Å². The van der Waals surface area contributed by atoms with Gasteiger partial charge in [0, 0.05) is 34.5 Å². The van der Waals surface area contributed by atoms with Gasteiger partial charge in [0.15, 0.2) is 5.76 Å². The minimum atomic E-state index is 0.356. The largest absolute Gasteiger partial charge is 0.454 e. The third kappa shape index (κ3) is 3.98. The van der Waals surface area contributed by atoms with Gasteiger partial charge in [0.05, 0.1) is 0 Å². The third-order valence-electron chi connectivity index (χ3n) is 7.92. The Morgan fingerprint density at radius 3 is 2.19 bits per heavy atom. The molecule has 0 spiro atoms. The fraction of sp³-hybridized carbons (Fsp3) is 0. The number of hydrogen-bond acceptors (Lipinski definition) is 3. The number of hydrogen-bond donors (Lipinski definition) is 0. The van der Waals surface area contributed by atoms with Crippen molar-refractivity contribution in [3.05, 3.63) is 156 Å². The van der Waals surface area contributed by atoms with Gasteiger partial charge in [0.1, 0.15) is 16.5 Å². The molecule has 0 bridgehead atoms. The number of fused-ring (bicyclic) bond motifs is 6. The van der Waals surface area contributed by atoms with Crippen LogP contribution in [0.1, 0.15) is 16.9 Å². The lowest BCUT2D eigenvalue weighted by molar-refractivity contribution is 0.604. The Morgan fingerprint density at radius 2 is 1.36 bits per heavy atom. The smallest absolute Gasteiger partial charge is 0.162 e. The van der Waals surface area contributed by atoms with Crippen molar-refractivity contribution >= 4 is 55.4 Å². The second-order valence-corrected chi connectivity index (χ2v) is 10.9. The van der Waals surface area contributed by atoms with E-state index in [0.29, 0.717) is 16.6 Å². The van der Waals surface area contributed by atoms with Crippen LogP contribution in [0.25, 0.3) is 60.3 Å². The van der Waals surface area contributed by atoms with Crippen molar-refractivity contribution in [1.82, 2.24) is 4.98 Å². The molecule has 0 saturated heterocycles. The molecule has 0 unspecified atom stereocenters. The first-order valence-electron chi connectivity index (χ1n) is 13.8. The molecule has 42 heavy (non-hydrogen) atoms. The second kappa shape index (κ2) is 9.69. The predicted molar refractivity (Wildman–Crippen MR) is 175 cm³/mol. The van der Waals surface area contributed by atoms with E-state index in [-0.39, 0.29) is 0 Å². The number of rotatable bonds is 3. The van der Waals surface area contributed by atoms with Crippen molar-refractivity contribution in [2.45, 2.75) is 0 Å². The maximum atomic E-state index is 6.68. The van der Waals surface area contributed by atoms with Crippen molar-refractivity contribution in [1.29, 1.82) is 0 Å². The summed E-state index contributed by atoms with van der Waals surface area (Å²) < 4.78 is 6.48. The lowest BCUT2D eigenvalue weighted by Crippen LogP contribution is -2.05. The average Bonchev–Trinajstić information content (AvgIpc) is 3.37. The van der Waals surface area contributed by atoms with Gasteiger partial charge in [-0.05, 0) is 86.3 Å². The number of allylic oxidation sites excluding steroid dienone is 2. The number of pyridine rings is 1. The minimum Gasteiger partial charge on any atom is -0.454 e. The third-order valence-corrected chi connectivity index (χ3v) is 8.12. The summed E-state index contributed by atoms with van der Waals surface area (Å²) in [5.74, 6) is 0.658. The summed E-state index contributed by atoms with van der Waals surface area (Å²) in [7, 11) is 0. The van der Waals surface area contributed by atoms with E-state index in [2.05, 4.69) is 90.4 Å². The van der Waals surface area contributed by atoms with Crippen LogP contribution in [-0.4, -0.2) is 10.7 Å². The number of benzene rings is 5. The summed E-state index contributed by atoms with van der Waals surface area (Å²) >= 11 is 6.68. The molecule has 8 rings (SSSR count). The van der Waals surface area contributed by atoms with Crippen LogP contribution >= 0.6 is 11.6 Å². The Hall–Kier alpha value is -5.25. The topological polar surface area (TPSA) is 38.4 Å². The molecule has 3 heterocycles. The van der Waals surface area contributed by atoms with Crippen LogP contribution in [0, 0.1) is 0 Å². The SMILES string of the molecule is C=C1C=C(Cl)N=C(c2cc(-c3cccnc3)cc(-c3cc4ccccc4c4ccccc34)c2)c2oc3ccccc3c21. The van der Waals surface area contributed by atoms with Crippen molar-refractivity contribution in [3.8, 4) is 22.3 Å². The van der Waals surface area contributed by atoms with Crippen molar-refractivity contribution in [2.75, 3.05) is 0 Å². The normalized spacial score (nSPS) is 13.2. The fourth-order valence-corrected chi connectivity index (χ4v) is 6.26. The van der Waals surface area contributed by atoms with E-state index in [1.807, 2.05) is 36.5 Å². The lowest BCUT2D eigenvalue weighted by atomic mass is 9.89. The number of nitrogens with zero attached hydrogens (tertiary/aromatic N) is 2. The van der Waals surface area contributed by atoms with Gasteiger partial charge < -0.3 is 4.42 Å². The van der Waals surface area contributed by atoms with Crippen LogP contribution in [0.2, 0.25) is 0 Å². The maximum Gasteiger partial charge on any atom is 0.162 e. The first-order chi connectivity index (χ1) is 20.6. The molecule has 0 fully saturated rings. The number of furan rings is 1. The molecule has 1 aliphatic heterocycles. The molecule has 5 aromatic carbocycles. The van der Waals surface area contributed by atoms with Crippen molar-refractivity contribution < 1.29 is 4.42 Å². The van der Waals surface area contributed by atoms with Crippen LogP contribution in [0.15, 0.2) is 149 Å². The average molecular weight is 559 g/mol. The van der Waals surface area contributed by atoms with Gasteiger partial charge in [0.2, 0.25) is 0 Å². The molecule has 1 aliphatic rings. The summed E-state index contributed by atoms with van der Waals surface area (Å²) in [6, 6.07) is 38.0. The molecular formula is C38H23ClN2O. The molecule has 3 nitrogen and oxygen atoms in total. The standard InChI is InChI=1S/C38H23ClN2O/c1-23-17-35(39)41-37(38-36(23)32-14-6-7-15-34(32)42-38)28-19-26(25-10-8-16-40-22-25)18-27(20-28)33-21-24-9-2-3-11-29(24)30-12-4-5-13-31(30)33/h2-22H,1H2. The molecule has 4 heteroatoms. The Bertz CT molecular complexity index is 2270. The summed E-state index contributed by atoms with van der Waals surface area (Å²) in [4.78, 5) is 9.30. The number of aliphatic imine (C=N–C) groups is 1. The Balaban J connectivity index is 1.44. The zero-order chi connectivity index (χ0) is 28.2. The van der Waals surface area contributed by atoms with Gasteiger partial charge in [-0.25, -0.2) is 4.99 Å². The molecule has 0 aliphatic carbocycles. The molecule has 0 atom stereocenters. The molecule has 0 saturated carbocycles. The summed E-state index contributed by atoms with van der Waals surface area (Å²) in [5.41, 5.74) is 8.26. The number of para-hydroxylation sites is 1. The summed E-state index contributed by atoms with van der Waals surface area (Å²) in [6.07, 6.45) is 5.48. The maximum absolute atomic E-state index is 6.68. The van der Waals surface area contributed by atoms with Crippen LogP contribution in [0.3, 0.4) is 0 Å². The Kier molecular flexibility index (Phi) is 5.66. The second-order valence-electron chi connectivity index (χ2n) is 10.5. The van der Waals surface area contributed by atoms with E-state index in [1.54, 1.807) is 12.3 Å². The van der Waals surface area contributed by atoms with Gasteiger partial charge in [-0.2, -0.15) is 0 Å².